The molecule has 0 unspecified atom stereocenters. The third kappa shape index (κ3) is 6.92. The highest BCUT2D eigenvalue weighted by Crippen LogP contribution is 2.67. The standard InChI is InChI=1S/C35H60N2O3/c1-23(2)9-8-10-25(5)29-13-14-30-28-12-11-26-22-27(15-17-34(26,6)31(28)16-18-35(29,30)7)40-33(39)37-20-19-36-32(38)21-24(3)4/h11,23-25,27-31H,8-10,12-22H2,1-7H3,(H,36,38)(H,37,39)/t25-,27+,28+,29-,30+,31+,34+,35-/m1/s1. The lowest BCUT2D eigenvalue weighted by atomic mass is 9.47. The Hall–Kier alpha value is -1.52. The number of hydrogen-bond donors (Lipinski definition) is 2. The Bertz CT molecular complexity index is 912. The Morgan fingerprint density at radius 1 is 0.925 bits per heavy atom. The van der Waals surface area contributed by atoms with Gasteiger partial charge in [0, 0.05) is 25.9 Å². The SMILES string of the molecule is CC(C)CCC[C@@H](C)[C@H]1CC[C@H]2[C@@H]3CC=C4C[C@@H](OC(=O)NCCNC(=O)CC(C)C)CC[C@]4(C)[C@H]3CC[C@]12C. The number of nitrogens with one attached hydrogen (secondary N) is 2. The molecule has 4 aliphatic rings. The number of carbonyl (C=O) groups is 2. The van der Waals surface area contributed by atoms with Crippen molar-refractivity contribution in [1.82, 2.24) is 10.6 Å². The Labute approximate surface area is 245 Å². The fraction of sp³-hybridized carbons (Fsp3) is 0.886. The number of hydrogen-bond acceptors (Lipinski definition) is 3. The maximum atomic E-state index is 12.5. The highest BCUT2D eigenvalue weighted by atomic mass is 16.6. The van der Waals surface area contributed by atoms with Crippen molar-refractivity contribution in [2.45, 2.75) is 132 Å². The molecule has 0 saturated heterocycles. The topological polar surface area (TPSA) is 67.4 Å². The van der Waals surface area contributed by atoms with Crippen LogP contribution >= 0.6 is 0 Å². The van der Waals surface area contributed by atoms with E-state index in [1.54, 1.807) is 5.57 Å². The molecule has 2 N–H and O–H groups in total. The summed E-state index contributed by atoms with van der Waals surface area (Å²) in [7, 11) is 0. The molecule has 4 rings (SSSR count). The lowest BCUT2D eigenvalue weighted by molar-refractivity contribution is -0.121. The van der Waals surface area contributed by atoms with Crippen LogP contribution in [-0.2, 0) is 9.53 Å². The summed E-state index contributed by atoms with van der Waals surface area (Å²) in [4.78, 5) is 24.3. The largest absolute Gasteiger partial charge is 0.446 e. The molecule has 0 spiro atoms. The number of alkyl carbamates (subject to hydrolysis) is 1. The maximum Gasteiger partial charge on any atom is 0.407 e. The van der Waals surface area contributed by atoms with Crippen molar-refractivity contribution < 1.29 is 14.3 Å². The first-order valence-electron chi connectivity index (χ1n) is 16.8. The Morgan fingerprint density at radius 3 is 2.40 bits per heavy atom. The van der Waals surface area contributed by atoms with Crippen molar-refractivity contribution in [1.29, 1.82) is 0 Å². The average molecular weight is 557 g/mol. The molecule has 5 heteroatoms. The summed E-state index contributed by atoms with van der Waals surface area (Å²) in [5.41, 5.74) is 2.34. The number of fused-ring (bicyclic) bond motifs is 5. The van der Waals surface area contributed by atoms with Gasteiger partial charge in [0.25, 0.3) is 0 Å². The summed E-state index contributed by atoms with van der Waals surface area (Å²) < 4.78 is 5.86. The van der Waals surface area contributed by atoms with Gasteiger partial charge in [-0.25, -0.2) is 4.79 Å². The molecule has 0 bridgehead atoms. The molecule has 2 amide bonds. The predicted molar refractivity (Wildman–Crippen MR) is 164 cm³/mol. The fourth-order valence-corrected chi connectivity index (χ4v) is 9.76. The van der Waals surface area contributed by atoms with E-state index in [2.05, 4.69) is 51.3 Å². The fourth-order valence-electron chi connectivity index (χ4n) is 9.76. The van der Waals surface area contributed by atoms with E-state index in [-0.39, 0.29) is 23.5 Å². The van der Waals surface area contributed by atoms with Crippen LogP contribution in [0.15, 0.2) is 11.6 Å². The zero-order valence-electron chi connectivity index (χ0n) is 26.8. The molecule has 0 aromatic carbocycles. The van der Waals surface area contributed by atoms with Crippen LogP contribution in [-0.4, -0.2) is 31.2 Å². The van der Waals surface area contributed by atoms with Gasteiger partial charge in [0.1, 0.15) is 6.10 Å². The molecule has 3 fully saturated rings. The van der Waals surface area contributed by atoms with Gasteiger partial charge in [0.2, 0.25) is 5.91 Å². The first-order chi connectivity index (χ1) is 18.9. The molecular weight excluding hydrogens is 496 g/mol. The van der Waals surface area contributed by atoms with Crippen molar-refractivity contribution in [3.63, 3.8) is 0 Å². The normalized spacial score (nSPS) is 35.8. The number of ether oxygens (including phenoxy) is 1. The summed E-state index contributed by atoms with van der Waals surface area (Å²) in [6, 6.07) is 0. The minimum Gasteiger partial charge on any atom is -0.446 e. The molecule has 0 aromatic rings. The van der Waals surface area contributed by atoms with Crippen LogP contribution in [0.25, 0.3) is 0 Å². The molecule has 0 aliphatic heterocycles. The minimum absolute atomic E-state index is 0.0339. The quantitative estimate of drug-likeness (QED) is 0.199. The lowest BCUT2D eigenvalue weighted by Gasteiger charge is -2.58. The number of carbonyl (C=O) groups excluding carboxylic acids is 2. The smallest absolute Gasteiger partial charge is 0.407 e. The van der Waals surface area contributed by atoms with E-state index < -0.39 is 0 Å². The first kappa shape index (κ1) is 31.4. The van der Waals surface area contributed by atoms with Gasteiger partial charge >= 0.3 is 6.09 Å². The highest BCUT2D eigenvalue weighted by molar-refractivity contribution is 5.76. The van der Waals surface area contributed by atoms with E-state index >= 15 is 0 Å². The van der Waals surface area contributed by atoms with Crippen LogP contribution in [0, 0.1) is 52.3 Å². The monoisotopic (exact) mass is 556 g/mol. The second-order valence-corrected chi connectivity index (χ2v) is 15.4. The molecule has 5 nitrogen and oxygen atoms in total. The number of allylic oxidation sites excluding steroid dienone is 1. The van der Waals surface area contributed by atoms with Crippen molar-refractivity contribution in [3.05, 3.63) is 11.6 Å². The molecule has 0 heterocycles. The van der Waals surface area contributed by atoms with Crippen LogP contribution in [0.5, 0.6) is 0 Å². The van der Waals surface area contributed by atoms with Gasteiger partial charge in [-0.05, 0) is 97.2 Å². The average Bonchev–Trinajstić information content (AvgIpc) is 3.23. The zero-order valence-corrected chi connectivity index (χ0v) is 26.8. The van der Waals surface area contributed by atoms with Gasteiger partial charge in [-0.3, -0.25) is 4.79 Å². The summed E-state index contributed by atoms with van der Waals surface area (Å²) in [6.07, 6.45) is 16.7. The van der Waals surface area contributed by atoms with Gasteiger partial charge in [0.05, 0.1) is 0 Å². The van der Waals surface area contributed by atoms with Crippen molar-refractivity contribution in [3.8, 4) is 0 Å². The van der Waals surface area contributed by atoms with E-state index in [1.165, 1.54) is 51.4 Å². The first-order valence-corrected chi connectivity index (χ1v) is 16.8. The van der Waals surface area contributed by atoms with Crippen LogP contribution in [0.4, 0.5) is 4.79 Å². The third-order valence-corrected chi connectivity index (χ3v) is 11.8. The van der Waals surface area contributed by atoms with Crippen LogP contribution in [0.1, 0.15) is 126 Å². The van der Waals surface area contributed by atoms with E-state index in [9.17, 15) is 9.59 Å². The highest BCUT2D eigenvalue weighted by Gasteiger charge is 2.59. The minimum atomic E-state index is -0.353. The van der Waals surface area contributed by atoms with Gasteiger partial charge in [0.15, 0.2) is 0 Å². The van der Waals surface area contributed by atoms with Crippen LogP contribution in [0.2, 0.25) is 0 Å². The Kier molecular flexibility index (Phi) is 10.4. The molecule has 8 atom stereocenters. The predicted octanol–water partition coefficient (Wildman–Crippen LogP) is 8.28. The van der Waals surface area contributed by atoms with Crippen LogP contribution < -0.4 is 10.6 Å². The molecule has 40 heavy (non-hydrogen) atoms. The van der Waals surface area contributed by atoms with E-state index in [1.807, 2.05) is 13.8 Å². The molecule has 0 radical (unpaired) electrons. The number of amides is 2. The van der Waals surface area contributed by atoms with E-state index in [4.69, 9.17) is 4.74 Å². The second kappa shape index (κ2) is 13.2. The zero-order chi connectivity index (χ0) is 29.1. The molecule has 0 aromatic heterocycles. The van der Waals surface area contributed by atoms with Gasteiger partial charge in [-0.2, -0.15) is 0 Å². The molecule has 4 aliphatic carbocycles. The second-order valence-electron chi connectivity index (χ2n) is 15.4. The molecular formula is C35H60N2O3. The van der Waals surface area contributed by atoms with Crippen molar-refractivity contribution >= 4 is 12.0 Å². The van der Waals surface area contributed by atoms with E-state index in [0.29, 0.717) is 30.8 Å². The van der Waals surface area contributed by atoms with Gasteiger partial charge in [-0.1, -0.05) is 79.4 Å². The number of rotatable bonds is 11. The van der Waals surface area contributed by atoms with Crippen molar-refractivity contribution in [2.75, 3.05) is 13.1 Å². The summed E-state index contributed by atoms with van der Waals surface area (Å²) in [5.74, 6) is 5.42. The Morgan fingerprint density at radius 2 is 1.68 bits per heavy atom. The maximum absolute atomic E-state index is 12.5. The van der Waals surface area contributed by atoms with E-state index in [0.717, 1.165) is 54.8 Å². The lowest BCUT2D eigenvalue weighted by Crippen LogP contribution is -2.51. The summed E-state index contributed by atoms with van der Waals surface area (Å²) >= 11 is 0. The van der Waals surface area contributed by atoms with Gasteiger partial charge in [-0.15, -0.1) is 0 Å². The summed E-state index contributed by atoms with van der Waals surface area (Å²) in [6.45, 7) is 17.4. The summed E-state index contributed by atoms with van der Waals surface area (Å²) in [5, 5.41) is 5.69. The molecule has 228 valence electrons. The molecule has 3 saturated carbocycles. The third-order valence-electron chi connectivity index (χ3n) is 11.8. The van der Waals surface area contributed by atoms with Gasteiger partial charge < -0.3 is 15.4 Å². The Balaban J connectivity index is 1.29. The van der Waals surface area contributed by atoms with Crippen molar-refractivity contribution in [2.24, 2.45) is 52.3 Å². The van der Waals surface area contributed by atoms with Crippen LogP contribution in [0.3, 0.4) is 0 Å².